The van der Waals surface area contributed by atoms with Crippen LogP contribution >= 0.6 is 0 Å². The number of pyridine rings is 1. The summed E-state index contributed by atoms with van der Waals surface area (Å²) in [7, 11) is -3.25. The van der Waals surface area contributed by atoms with Crippen LogP contribution in [0.25, 0.3) is 0 Å². The van der Waals surface area contributed by atoms with Gasteiger partial charge in [-0.2, -0.15) is 5.10 Å². The molecular formula is C14H20N4O2S. The second-order valence-electron chi connectivity index (χ2n) is 5.97. The summed E-state index contributed by atoms with van der Waals surface area (Å²) < 4.78 is 24.6. The van der Waals surface area contributed by atoms with Crippen molar-refractivity contribution in [1.29, 1.82) is 0 Å². The van der Waals surface area contributed by atoms with Gasteiger partial charge in [0.1, 0.15) is 0 Å². The molecular weight excluding hydrogens is 288 g/mol. The Morgan fingerprint density at radius 3 is 2.43 bits per heavy atom. The first kappa shape index (κ1) is 15.5. The molecule has 2 heterocycles. The normalized spacial score (nSPS) is 12.4. The first-order valence-electron chi connectivity index (χ1n) is 6.60. The summed E-state index contributed by atoms with van der Waals surface area (Å²) in [6, 6.07) is 3.20. The minimum atomic E-state index is -3.25. The molecule has 2 aromatic heterocycles. The Labute approximate surface area is 125 Å². The largest absolute Gasteiger partial charge is 0.380 e. The fraction of sp³-hybridized carbons (Fsp3) is 0.429. The van der Waals surface area contributed by atoms with E-state index < -0.39 is 9.84 Å². The zero-order chi connectivity index (χ0) is 15.7. The van der Waals surface area contributed by atoms with E-state index in [1.54, 1.807) is 6.07 Å². The van der Waals surface area contributed by atoms with Crippen molar-refractivity contribution in [3.63, 3.8) is 0 Å². The number of nitrogens with one attached hydrogen (secondary N) is 1. The molecule has 0 unspecified atom stereocenters. The zero-order valence-electron chi connectivity index (χ0n) is 12.7. The summed E-state index contributed by atoms with van der Waals surface area (Å²) in [5, 5.41) is 7.60. The lowest BCUT2D eigenvalue weighted by Gasteiger charge is -2.18. The molecule has 21 heavy (non-hydrogen) atoms. The van der Waals surface area contributed by atoms with E-state index in [9.17, 15) is 8.42 Å². The lowest BCUT2D eigenvalue weighted by atomic mass is 10.1. The van der Waals surface area contributed by atoms with Gasteiger partial charge in [-0.3, -0.25) is 4.68 Å². The van der Waals surface area contributed by atoms with Crippen molar-refractivity contribution in [2.24, 2.45) is 0 Å². The van der Waals surface area contributed by atoms with E-state index >= 15 is 0 Å². The number of aromatic nitrogens is 3. The van der Waals surface area contributed by atoms with Crippen LogP contribution in [-0.2, 0) is 21.9 Å². The molecule has 0 radical (unpaired) electrons. The molecule has 0 fully saturated rings. The number of hydrogen-bond donors (Lipinski definition) is 1. The topological polar surface area (TPSA) is 76.9 Å². The number of rotatable bonds is 4. The van der Waals surface area contributed by atoms with Crippen molar-refractivity contribution in [3.8, 4) is 0 Å². The smallest absolute Gasteiger partial charge is 0.192 e. The predicted octanol–water partition coefficient (Wildman–Crippen LogP) is 2.05. The highest BCUT2D eigenvalue weighted by atomic mass is 32.2. The monoisotopic (exact) mass is 308 g/mol. The van der Waals surface area contributed by atoms with Gasteiger partial charge < -0.3 is 5.32 Å². The Morgan fingerprint density at radius 1 is 1.24 bits per heavy atom. The van der Waals surface area contributed by atoms with E-state index in [1.165, 1.54) is 12.3 Å². The van der Waals surface area contributed by atoms with E-state index in [0.29, 0.717) is 6.54 Å². The summed E-state index contributed by atoms with van der Waals surface area (Å²) >= 11 is 0. The molecule has 0 aliphatic rings. The van der Waals surface area contributed by atoms with Crippen molar-refractivity contribution in [2.45, 2.75) is 37.9 Å². The van der Waals surface area contributed by atoms with Crippen LogP contribution in [0.3, 0.4) is 0 Å². The first-order valence-corrected chi connectivity index (χ1v) is 8.49. The van der Waals surface area contributed by atoms with E-state index in [0.717, 1.165) is 17.5 Å². The van der Waals surface area contributed by atoms with Crippen LogP contribution in [0, 0.1) is 0 Å². The Kier molecular flexibility index (Phi) is 4.04. The zero-order valence-corrected chi connectivity index (χ0v) is 13.5. The highest BCUT2D eigenvalue weighted by Gasteiger charge is 2.13. The molecule has 2 aromatic rings. The van der Waals surface area contributed by atoms with E-state index in [4.69, 9.17) is 0 Å². The maximum absolute atomic E-state index is 11.3. The molecule has 114 valence electrons. The van der Waals surface area contributed by atoms with Crippen LogP contribution in [0.4, 0.5) is 5.69 Å². The van der Waals surface area contributed by atoms with Crippen LogP contribution in [0.1, 0.15) is 26.3 Å². The molecule has 2 rings (SSSR count). The standard InChI is InChI=1S/C14H20N4O2S/c1-14(2,3)18-10-11(8-17-18)7-15-12-5-6-13(16-9-12)21(4,19)20/h5-6,8-10,15H,7H2,1-4H3. The fourth-order valence-corrected chi connectivity index (χ4v) is 2.29. The van der Waals surface area contributed by atoms with Gasteiger partial charge in [0.2, 0.25) is 0 Å². The maximum atomic E-state index is 11.3. The van der Waals surface area contributed by atoms with Gasteiger partial charge >= 0.3 is 0 Å². The molecule has 0 atom stereocenters. The molecule has 1 N–H and O–H groups in total. The van der Waals surface area contributed by atoms with Gasteiger partial charge in [0.25, 0.3) is 0 Å². The molecule has 0 aliphatic heterocycles. The van der Waals surface area contributed by atoms with E-state index in [-0.39, 0.29) is 10.6 Å². The molecule has 0 amide bonds. The third-order valence-corrected chi connectivity index (χ3v) is 3.94. The average molecular weight is 308 g/mol. The Bertz CT molecular complexity index is 712. The Morgan fingerprint density at radius 2 is 1.95 bits per heavy atom. The van der Waals surface area contributed by atoms with Crippen LogP contribution in [0.5, 0.6) is 0 Å². The van der Waals surface area contributed by atoms with Gasteiger partial charge in [0.15, 0.2) is 14.9 Å². The molecule has 7 heteroatoms. The molecule has 0 aromatic carbocycles. The van der Waals surface area contributed by atoms with Crippen molar-refractivity contribution >= 4 is 15.5 Å². The second kappa shape index (κ2) is 5.48. The molecule has 6 nitrogen and oxygen atoms in total. The van der Waals surface area contributed by atoms with E-state index in [1.807, 2.05) is 17.1 Å². The third kappa shape index (κ3) is 4.04. The van der Waals surface area contributed by atoms with Gasteiger partial charge in [0.05, 0.1) is 23.6 Å². The molecule has 0 saturated heterocycles. The Hall–Kier alpha value is -1.89. The number of sulfone groups is 1. The number of anilines is 1. The quantitative estimate of drug-likeness (QED) is 0.935. The number of nitrogens with zero attached hydrogens (tertiary/aromatic N) is 3. The molecule has 0 aliphatic carbocycles. The van der Waals surface area contributed by atoms with Crippen LogP contribution in [0.2, 0.25) is 0 Å². The molecule has 0 saturated carbocycles. The van der Waals surface area contributed by atoms with Crippen molar-refractivity contribution in [1.82, 2.24) is 14.8 Å². The first-order chi connectivity index (χ1) is 9.66. The second-order valence-corrected chi connectivity index (χ2v) is 7.94. The Balaban J connectivity index is 2.02. The van der Waals surface area contributed by atoms with Crippen molar-refractivity contribution < 1.29 is 8.42 Å². The van der Waals surface area contributed by atoms with Gasteiger partial charge in [-0.15, -0.1) is 0 Å². The van der Waals surface area contributed by atoms with Crippen molar-refractivity contribution in [2.75, 3.05) is 11.6 Å². The van der Waals surface area contributed by atoms with Gasteiger partial charge in [0, 0.05) is 24.6 Å². The minimum Gasteiger partial charge on any atom is -0.380 e. The summed E-state index contributed by atoms with van der Waals surface area (Å²) in [6.07, 6.45) is 6.47. The fourth-order valence-electron chi connectivity index (χ4n) is 1.73. The molecule has 0 spiro atoms. The van der Waals surface area contributed by atoms with Gasteiger partial charge in [-0.05, 0) is 32.9 Å². The number of hydrogen-bond acceptors (Lipinski definition) is 5. The third-order valence-electron chi connectivity index (χ3n) is 2.94. The van der Waals surface area contributed by atoms with Crippen LogP contribution < -0.4 is 5.32 Å². The predicted molar refractivity (Wildman–Crippen MR) is 81.9 cm³/mol. The molecule has 0 bridgehead atoms. The summed E-state index contributed by atoms with van der Waals surface area (Å²) in [4.78, 5) is 3.94. The van der Waals surface area contributed by atoms with Crippen LogP contribution in [0.15, 0.2) is 35.7 Å². The SMILES string of the molecule is CC(C)(C)n1cc(CNc2ccc(S(C)(=O)=O)nc2)cn1. The maximum Gasteiger partial charge on any atom is 0.192 e. The lowest BCUT2D eigenvalue weighted by molar-refractivity contribution is 0.355. The summed E-state index contributed by atoms with van der Waals surface area (Å²) in [6.45, 7) is 6.87. The van der Waals surface area contributed by atoms with Gasteiger partial charge in [-0.25, -0.2) is 13.4 Å². The van der Waals surface area contributed by atoms with Crippen LogP contribution in [-0.4, -0.2) is 29.4 Å². The summed E-state index contributed by atoms with van der Waals surface area (Å²) in [5.41, 5.74) is 1.78. The van der Waals surface area contributed by atoms with Gasteiger partial charge in [-0.1, -0.05) is 0 Å². The lowest BCUT2D eigenvalue weighted by Crippen LogP contribution is -2.21. The minimum absolute atomic E-state index is 0.0447. The van der Waals surface area contributed by atoms with Crippen molar-refractivity contribution in [3.05, 3.63) is 36.3 Å². The summed E-state index contributed by atoms with van der Waals surface area (Å²) in [5.74, 6) is 0. The van der Waals surface area contributed by atoms with E-state index in [2.05, 4.69) is 36.2 Å². The average Bonchev–Trinajstić information content (AvgIpc) is 2.84. The highest BCUT2D eigenvalue weighted by molar-refractivity contribution is 7.90. The highest BCUT2D eigenvalue weighted by Crippen LogP contribution is 2.15.